The Labute approximate surface area is 87.4 Å². The zero-order valence-corrected chi connectivity index (χ0v) is 8.64. The van der Waals surface area contributed by atoms with Gasteiger partial charge in [0.05, 0.1) is 11.8 Å². The normalized spacial score (nSPS) is 10.9. The summed E-state index contributed by atoms with van der Waals surface area (Å²) in [6.07, 6.45) is 3.16. The summed E-state index contributed by atoms with van der Waals surface area (Å²) in [6, 6.07) is 1.79. The molecule has 2 rings (SSSR count). The van der Waals surface area contributed by atoms with Crippen LogP contribution in [0.2, 0.25) is 0 Å². The molecule has 0 aliphatic heterocycles. The van der Waals surface area contributed by atoms with E-state index in [1.54, 1.807) is 18.6 Å². The number of nitrogens with two attached hydrogens (primary N) is 1. The minimum Gasteiger partial charge on any atom is -0.472 e. The molecule has 0 atom stereocenters. The van der Waals surface area contributed by atoms with Gasteiger partial charge in [-0.25, -0.2) is 4.98 Å². The first kappa shape index (κ1) is 9.64. The number of rotatable bonds is 2. The smallest absolute Gasteiger partial charge is 0.223 e. The average molecular weight is 204 g/mol. The second-order valence-electron chi connectivity index (χ2n) is 3.54. The molecule has 5 heteroatoms. The van der Waals surface area contributed by atoms with E-state index < -0.39 is 0 Å². The Hall–Kier alpha value is -1.91. The Balaban J connectivity index is 2.49. The molecule has 0 aliphatic carbocycles. The molecule has 5 nitrogen and oxygen atoms in total. The Morgan fingerprint density at radius 3 is 2.67 bits per heavy atom. The Bertz CT molecular complexity index is 450. The number of furan rings is 1. The fourth-order valence-corrected chi connectivity index (χ4v) is 1.19. The molecular weight excluding hydrogens is 192 g/mol. The number of anilines is 1. The monoisotopic (exact) mass is 204 g/mol. The molecule has 0 unspecified atom stereocenters. The van der Waals surface area contributed by atoms with Crippen LogP contribution >= 0.6 is 0 Å². The van der Waals surface area contributed by atoms with Gasteiger partial charge in [0.2, 0.25) is 5.95 Å². The maximum atomic E-state index is 5.61. The third-order valence-corrected chi connectivity index (χ3v) is 1.97. The van der Waals surface area contributed by atoms with Crippen molar-refractivity contribution in [3.8, 4) is 11.4 Å². The molecule has 0 aromatic carbocycles. The highest BCUT2D eigenvalue weighted by molar-refractivity contribution is 5.53. The molecule has 0 aliphatic rings. The van der Waals surface area contributed by atoms with Gasteiger partial charge in [-0.3, -0.25) is 0 Å². The summed E-state index contributed by atoms with van der Waals surface area (Å²) in [7, 11) is 0. The van der Waals surface area contributed by atoms with E-state index in [0.717, 1.165) is 5.56 Å². The van der Waals surface area contributed by atoms with Gasteiger partial charge in [0, 0.05) is 5.92 Å². The van der Waals surface area contributed by atoms with Crippen molar-refractivity contribution in [1.29, 1.82) is 0 Å². The molecule has 2 N–H and O–H groups in total. The van der Waals surface area contributed by atoms with E-state index in [1.165, 1.54) is 0 Å². The van der Waals surface area contributed by atoms with Crippen molar-refractivity contribution in [2.75, 3.05) is 5.73 Å². The van der Waals surface area contributed by atoms with Gasteiger partial charge >= 0.3 is 0 Å². The molecule has 0 saturated heterocycles. The quantitative estimate of drug-likeness (QED) is 0.807. The Morgan fingerprint density at radius 1 is 1.27 bits per heavy atom. The zero-order valence-electron chi connectivity index (χ0n) is 8.64. The van der Waals surface area contributed by atoms with E-state index in [-0.39, 0.29) is 11.9 Å². The van der Waals surface area contributed by atoms with Crippen LogP contribution in [-0.4, -0.2) is 15.0 Å². The number of nitrogen functional groups attached to an aromatic ring is 1. The molecule has 2 heterocycles. The molecule has 2 aromatic rings. The largest absolute Gasteiger partial charge is 0.472 e. The van der Waals surface area contributed by atoms with Crippen LogP contribution in [0, 0.1) is 0 Å². The third kappa shape index (κ3) is 1.96. The van der Waals surface area contributed by atoms with Crippen molar-refractivity contribution in [2.45, 2.75) is 19.8 Å². The summed E-state index contributed by atoms with van der Waals surface area (Å²) in [6.45, 7) is 4.02. The van der Waals surface area contributed by atoms with Crippen LogP contribution in [0.5, 0.6) is 0 Å². The Kier molecular flexibility index (Phi) is 2.37. The standard InChI is InChI=1S/C10H12N4O/c1-6(2)8-12-9(14-10(11)13-8)7-3-4-15-5-7/h3-6H,1-2H3,(H2,11,12,13,14). The van der Waals surface area contributed by atoms with E-state index in [1.807, 2.05) is 13.8 Å². The summed E-state index contributed by atoms with van der Waals surface area (Å²) < 4.78 is 4.97. The van der Waals surface area contributed by atoms with Gasteiger partial charge in [-0.2, -0.15) is 9.97 Å². The van der Waals surface area contributed by atoms with Crippen LogP contribution in [0.25, 0.3) is 11.4 Å². The van der Waals surface area contributed by atoms with Crippen molar-refractivity contribution < 1.29 is 4.42 Å². The number of aromatic nitrogens is 3. The number of hydrogen-bond acceptors (Lipinski definition) is 5. The van der Waals surface area contributed by atoms with Gasteiger partial charge in [0.15, 0.2) is 5.82 Å². The van der Waals surface area contributed by atoms with Crippen LogP contribution in [0.1, 0.15) is 25.6 Å². The van der Waals surface area contributed by atoms with Gasteiger partial charge in [0.1, 0.15) is 12.1 Å². The molecule has 0 radical (unpaired) electrons. The predicted octanol–water partition coefficient (Wildman–Crippen LogP) is 1.84. The SMILES string of the molecule is CC(C)c1nc(N)nc(-c2ccoc2)n1. The minimum absolute atomic E-state index is 0.223. The van der Waals surface area contributed by atoms with Gasteiger partial charge in [-0.1, -0.05) is 13.8 Å². The second kappa shape index (κ2) is 3.68. The lowest BCUT2D eigenvalue weighted by Crippen LogP contribution is -2.05. The van der Waals surface area contributed by atoms with E-state index in [0.29, 0.717) is 11.6 Å². The van der Waals surface area contributed by atoms with Gasteiger partial charge < -0.3 is 10.2 Å². The highest BCUT2D eigenvalue weighted by Gasteiger charge is 2.09. The summed E-state index contributed by atoms with van der Waals surface area (Å²) in [4.78, 5) is 12.4. The zero-order chi connectivity index (χ0) is 10.8. The fourth-order valence-electron chi connectivity index (χ4n) is 1.19. The van der Waals surface area contributed by atoms with Crippen LogP contribution in [0.4, 0.5) is 5.95 Å². The lowest BCUT2D eigenvalue weighted by atomic mass is 10.2. The van der Waals surface area contributed by atoms with Crippen molar-refractivity contribution in [1.82, 2.24) is 15.0 Å². The Morgan fingerprint density at radius 2 is 2.07 bits per heavy atom. The van der Waals surface area contributed by atoms with E-state index in [2.05, 4.69) is 15.0 Å². The van der Waals surface area contributed by atoms with Crippen LogP contribution in [-0.2, 0) is 0 Å². The molecule has 0 fully saturated rings. The molecular formula is C10H12N4O. The second-order valence-corrected chi connectivity index (χ2v) is 3.54. The van der Waals surface area contributed by atoms with Crippen LogP contribution in [0.3, 0.4) is 0 Å². The average Bonchev–Trinajstić information content (AvgIpc) is 2.69. The summed E-state index contributed by atoms with van der Waals surface area (Å²) in [5.74, 6) is 1.71. The fraction of sp³-hybridized carbons (Fsp3) is 0.300. The van der Waals surface area contributed by atoms with Crippen LogP contribution < -0.4 is 5.73 Å². The van der Waals surface area contributed by atoms with Crippen molar-refractivity contribution in [3.63, 3.8) is 0 Å². The number of nitrogens with zero attached hydrogens (tertiary/aromatic N) is 3. The molecule has 78 valence electrons. The van der Waals surface area contributed by atoms with Gasteiger partial charge in [0.25, 0.3) is 0 Å². The lowest BCUT2D eigenvalue weighted by Gasteiger charge is -2.05. The van der Waals surface area contributed by atoms with Crippen molar-refractivity contribution in [2.24, 2.45) is 0 Å². The van der Waals surface area contributed by atoms with E-state index in [9.17, 15) is 0 Å². The summed E-state index contributed by atoms with van der Waals surface area (Å²) >= 11 is 0. The minimum atomic E-state index is 0.223. The molecule has 0 spiro atoms. The maximum absolute atomic E-state index is 5.61. The van der Waals surface area contributed by atoms with E-state index >= 15 is 0 Å². The van der Waals surface area contributed by atoms with Gasteiger partial charge in [-0.05, 0) is 6.07 Å². The number of hydrogen-bond donors (Lipinski definition) is 1. The third-order valence-electron chi connectivity index (χ3n) is 1.97. The molecule has 0 saturated carbocycles. The summed E-state index contributed by atoms with van der Waals surface area (Å²) in [5.41, 5.74) is 6.42. The summed E-state index contributed by atoms with van der Waals surface area (Å²) in [5, 5.41) is 0. The highest BCUT2D eigenvalue weighted by atomic mass is 16.3. The topological polar surface area (TPSA) is 77.8 Å². The van der Waals surface area contributed by atoms with Crippen molar-refractivity contribution in [3.05, 3.63) is 24.4 Å². The molecule has 0 amide bonds. The first-order chi connectivity index (χ1) is 7.16. The first-order valence-electron chi connectivity index (χ1n) is 4.71. The van der Waals surface area contributed by atoms with Crippen LogP contribution in [0.15, 0.2) is 23.0 Å². The van der Waals surface area contributed by atoms with Crippen molar-refractivity contribution >= 4 is 5.95 Å². The molecule has 15 heavy (non-hydrogen) atoms. The van der Waals surface area contributed by atoms with Gasteiger partial charge in [-0.15, -0.1) is 0 Å². The maximum Gasteiger partial charge on any atom is 0.223 e. The predicted molar refractivity (Wildman–Crippen MR) is 56.0 cm³/mol. The molecule has 2 aromatic heterocycles. The first-order valence-corrected chi connectivity index (χ1v) is 4.71. The van der Waals surface area contributed by atoms with E-state index in [4.69, 9.17) is 10.2 Å². The highest BCUT2D eigenvalue weighted by Crippen LogP contribution is 2.18. The molecule has 0 bridgehead atoms. The lowest BCUT2D eigenvalue weighted by molar-refractivity contribution is 0.568.